The molecule has 0 aliphatic carbocycles. The Hall–Kier alpha value is -1.74. The van der Waals surface area contributed by atoms with Crippen LogP contribution in [-0.2, 0) is 4.79 Å². The number of amides is 1. The molecule has 1 aromatic rings. The van der Waals surface area contributed by atoms with Gasteiger partial charge in [0, 0.05) is 19.3 Å². The third kappa shape index (κ3) is 3.64. The van der Waals surface area contributed by atoms with E-state index < -0.39 is 0 Å². The van der Waals surface area contributed by atoms with Crippen molar-refractivity contribution in [2.24, 2.45) is 0 Å². The fraction of sp³-hybridized carbons (Fsp3) is 0.417. The van der Waals surface area contributed by atoms with Gasteiger partial charge in [0.05, 0.1) is 17.0 Å². The number of nitriles is 1. The zero-order valence-electron chi connectivity index (χ0n) is 10.5. The molecule has 5 nitrogen and oxygen atoms in total. The van der Waals surface area contributed by atoms with E-state index in [2.05, 4.69) is 4.98 Å². The summed E-state index contributed by atoms with van der Waals surface area (Å²) < 4.78 is 0. The first-order valence-electron chi connectivity index (χ1n) is 5.68. The van der Waals surface area contributed by atoms with Crippen molar-refractivity contribution in [1.29, 1.82) is 5.26 Å². The van der Waals surface area contributed by atoms with Crippen LogP contribution in [0, 0.1) is 11.3 Å². The van der Waals surface area contributed by atoms with Gasteiger partial charge in [0.1, 0.15) is 11.1 Å². The molecule has 0 atom stereocenters. The molecule has 0 radical (unpaired) electrons. The Bertz CT molecular complexity index is 466. The monoisotopic (exact) mass is 264 g/mol. The van der Waals surface area contributed by atoms with Crippen molar-refractivity contribution in [3.8, 4) is 6.07 Å². The number of hydrogen-bond donors (Lipinski definition) is 1. The summed E-state index contributed by atoms with van der Waals surface area (Å²) in [5, 5.41) is 9.29. The molecule has 0 saturated carbocycles. The molecular weight excluding hydrogens is 248 g/mol. The van der Waals surface area contributed by atoms with Gasteiger partial charge in [-0.1, -0.05) is 11.8 Å². The fourth-order valence-corrected chi connectivity index (χ4v) is 2.24. The maximum Gasteiger partial charge on any atom is 0.232 e. The minimum atomic E-state index is 0.0653. The van der Waals surface area contributed by atoms with Crippen molar-refractivity contribution >= 4 is 23.4 Å². The minimum Gasteiger partial charge on any atom is -0.397 e. The van der Waals surface area contributed by atoms with Gasteiger partial charge in [-0.3, -0.25) is 4.79 Å². The summed E-state index contributed by atoms with van der Waals surface area (Å²) in [4.78, 5) is 17.6. The summed E-state index contributed by atoms with van der Waals surface area (Å²) in [7, 11) is 0. The van der Waals surface area contributed by atoms with Gasteiger partial charge in [0.2, 0.25) is 5.91 Å². The van der Waals surface area contributed by atoms with Crippen LogP contribution < -0.4 is 5.73 Å². The number of thioether (sulfide) groups is 1. The molecule has 1 heterocycles. The minimum absolute atomic E-state index is 0.0653. The van der Waals surface area contributed by atoms with Gasteiger partial charge in [-0.2, -0.15) is 5.26 Å². The average molecular weight is 264 g/mol. The summed E-state index contributed by atoms with van der Waals surface area (Å²) in [6, 6.07) is 3.54. The first-order valence-corrected chi connectivity index (χ1v) is 6.67. The van der Waals surface area contributed by atoms with E-state index >= 15 is 0 Å². The van der Waals surface area contributed by atoms with Crippen LogP contribution in [0.15, 0.2) is 17.3 Å². The third-order valence-electron chi connectivity index (χ3n) is 2.46. The van der Waals surface area contributed by atoms with Crippen molar-refractivity contribution in [2.75, 3.05) is 24.6 Å². The number of pyridine rings is 1. The predicted octanol–water partition coefficient (Wildman–Crippen LogP) is 1.50. The molecular formula is C12H16N4OS. The normalized spacial score (nSPS) is 9.83. The van der Waals surface area contributed by atoms with E-state index in [0.717, 1.165) is 0 Å². The number of nitrogens with zero attached hydrogens (tertiary/aromatic N) is 3. The molecule has 1 rings (SSSR count). The molecule has 1 amide bonds. The SMILES string of the molecule is CCN(CC)C(=O)CSc1ncc(C#N)cc1N. The second kappa shape index (κ2) is 6.87. The van der Waals surface area contributed by atoms with Crippen LogP contribution >= 0.6 is 11.8 Å². The largest absolute Gasteiger partial charge is 0.397 e. The predicted molar refractivity (Wildman–Crippen MR) is 72.0 cm³/mol. The smallest absolute Gasteiger partial charge is 0.232 e. The molecule has 18 heavy (non-hydrogen) atoms. The van der Waals surface area contributed by atoms with Gasteiger partial charge in [-0.25, -0.2) is 4.98 Å². The number of carbonyl (C=O) groups excluding carboxylic acids is 1. The Kier molecular flexibility index (Phi) is 5.46. The zero-order valence-corrected chi connectivity index (χ0v) is 11.3. The lowest BCUT2D eigenvalue weighted by molar-refractivity contribution is -0.127. The van der Waals surface area contributed by atoms with Crippen LogP contribution in [0.1, 0.15) is 19.4 Å². The molecule has 0 spiro atoms. The molecule has 6 heteroatoms. The number of carbonyl (C=O) groups is 1. The van der Waals surface area contributed by atoms with Crippen LogP contribution in [0.3, 0.4) is 0 Å². The van der Waals surface area contributed by atoms with E-state index in [1.54, 1.807) is 11.0 Å². The van der Waals surface area contributed by atoms with Crippen LogP contribution in [0.5, 0.6) is 0 Å². The topological polar surface area (TPSA) is 83.0 Å². The summed E-state index contributed by atoms with van der Waals surface area (Å²) in [6.45, 7) is 5.29. The number of nitrogen functional groups attached to an aromatic ring is 1. The van der Waals surface area contributed by atoms with Gasteiger partial charge in [0.15, 0.2) is 0 Å². The third-order valence-corrected chi connectivity index (χ3v) is 3.46. The van der Waals surface area contributed by atoms with E-state index in [4.69, 9.17) is 11.0 Å². The molecule has 0 aliphatic rings. The van der Waals surface area contributed by atoms with Crippen LogP contribution in [0.4, 0.5) is 5.69 Å². The first-order chi connectivity index (χ1) is 8.62. The molecule has 0 aliphatic heterocycles. The van der Waals surface area contributed by atoms with E-state index in [1.165, 1.54) is 18.0 Å². The molecule has 1 aromatic heterocycles. The van der Waals surface area contributed by atoms with Crippen molar-refractivity contribution in [3.05, 3.63) is 17.8 Å². The number of aromatic nitrogens is 1. The zero-order chi connectivity index (χ0) is 13.5. The highest BCUT2D eigenvalue weighted by Crippen LogP contribution is 2.23. The lowest BCUT2D eigenvalue weighted by Gasteiger charge is -2.18. The number of anilines is 1. The second-order valence-electron chi connectivity index (χ2n) is 3.58. The standard InChI is InChI=1S/C12H16N4OS/c1-3-16(4-2)11(17)8-18-12-10(14)5-9(6-13)7-15-12/h5,7H,3-4,8,14H2,1-2H3. The Morgan fingerprint density at radius 3 is 2.72 bits per heavy atom. The van der Waals surface area contributed by atoms with Gasteiger partial charge < -0.3 is 10.6 Å². The van der Waals surface area contributed by atoms with E-state index in [1.807, 2.05) is 19.9 Å². The van der Waals surface area contributed by atoms with Gasteiger partial charge in [0.25, 0.3) is 0 Å². The molecule has 2 N–H and O–H groups in total. The molecule has 0 saturated heterocycles. The number of nitrogens with two attached hydrogens (primary N) is 1. The highest BCUT2D eigenvalue weighted by atomic mass is 32.2. The van der Waals surface area contributed by atoms with Crippen LogP contribution in [0.25, 0.3) is 0 Å². The second-order valence-corrected chi connectivity index (χ2v) is 4.55. The maximum absolute atomic E-state index is 11.8. The van der Waals surface area contributed by atoms with Gasteiger partial charge >= 0.3 is 0 Å². The summed E-state index contributed by atoms with van der Waals surface area (Å²) in [5.74, 6) is 0.376. The van der Waals surface area contributed by atoms with E-state index in [-0.39, 0.29) is 5.91 Å². The van der Waals surface area contributed by atoms with Crippen LogP contribution in [0.2, 0.25) is 0 Å². The molecule has 0 aromatic carbocycles. The molecule has 0 bridgehead atoms. The quantitative estimate of drug-likeness (QED) is 0.815. The fourth-order valence-electron chi connectivity index (χ4n) is 1.45. The highest BCUT2D eigenvalue weighted by molar-refractivity contribution is 8.00. The summed E-state index contributed by atoms with van der Waals surface area (Å²) >= 11 is 1.30. The van der Waals surface area contributed by atoms with E-state index in [0.29, 0.717) is 35.1 Å². The lowest BCUT2D eigenvalue weighted by atomic mass is 10.3. The van der Waals surface area contributed by atoms with Gasteiger partial charge in [-0.05, 0) is 19.9 Å². The number of hydrogen-bond acceptors (Lipinski definition) is 5. The molecule has 0 fully saturated rings. The Morgan fingerprint density at radius 1 is 1.56 bits per heavy atom. The first kappa shape index (κ1) is 14.3. The van der Waals surface area contributed by atoms with E-state index in [9.17, 15) is 4.79 Å². The molecule has 96 valence electrons. The maximum atomic E-state index is 11.8. The Morgan fingerprint density at radius 2 is 2.22 bits per heavy atom. The Balaban J connectivity index is 2.64. The number of rotatable bonds is 5. The lowest BCUT2D eigenvalue weighted by Crippen LogP contribution is -2.31. The van der Waals surface area contributed by atoms with Crippen LogP contribution in [-0.4, -0.2) is 34.6 Å². The Labute approximate surface area is 111 Å². The summed E-state index contributed by atoms with van der Waals surface area (Å²) in [5.41, 5.74) is 6.62. The van der Waals surface area contributed by atoms with Crippen molar-refractivity contribution in [3.63, 3.8) is 0 Å². The van der Waals surface area contributed by atoms with Crippen molar-refractivity contribution < 1.29 is 4.79 Å². The summed E-state index contributed by atoms with van der Waals surface area (Å²) in [6.07, 6.45) is 1.46. The highest BCUT2D eigenvalue weighted by Gasteiger charge is 2.11. The van der Waals surface area contributed by atoms with Gasteiger partial charge in [-0.15, -0.1) is 0 Å². The van der Waals surface area contributed by atoms with Crippen molar-refractivity contribution in [2.45, 2.75) is 18.9 Å². The van der Waals surface area contributed by atoms with Crippen molar-refractivity contribution in [1.82, 2.24) is 9.88 Å². The average Bonchev–Trinajstić information content (AvgIpc) is 2.38. The molecule has 0 unspecified atom stereocenters.